The number of hydrogen-bond donors (Lipinski definition) is 1. The molecule has 1 fully saturated rings. The van der Waals surface area contributed by atoms with Gasteiger partial charge in [-0.25, -0.2) is 0 Å². The fourth-order valence-electron chi connectivity index (χ4n) is 3.18. The normalized spacial score (nSPS) is 25.1. The molecular formula is C14H23N3. The predicted molar refractivity (Wildman–Crippen MR) is 70.0 cm³/mol. The van der Waals surface area contributed by atoms with E-state index < -0.39 is 0 Å². The molecule has 94 valence electrons. The van der Waals surface area contributed by atoms with Gasteiger partial charge in [0.25, 0.3) is 0 Å². The van der Waals surface area contributed by atoms with Crippen molar-refractivity contribution < 1.29 is 0 Å². The van der Waals surface area contributed by atoms with Crippen LogP contribution in [0.5, 0.6) is 0 Å². The summed E-state index contributed by atoms with van der Waals surface area (Å²) in [7, 11) is 0. The van der Waals surface area contributed by atoms with Gasteiger partial charge in [0.15, 0.2) is 0 Å². The molecule has 0 spiro atoms. The van der Waals surface area contributed by atoms with E-state index in [0.29, 0.717) is 0 Å². The Labute approximate surface area is 104 Å². The molecule has 1 aromatic rings. The Hall–Kier alpha value is -0.800. The van der Waals surface area contributed by atoms with Crippen molar-refractivity contribution in [3.63, 3.8) is 0 Å². The number of fused-ring (bicyclic) bond motifs is 1. The zero-order valence-electron chi connectivity index (χ0n) is 10.6. The van der Waals surface area contributed by atoms with E-state index in [-0.39, 0.29) is 6.04 Å². The lowest BCUT2D eigenvalue weighted by Gasteiger charge is -2.17. The molecule has 1 aliphatic heterocycles. The first-order chi connectivity index (χ1) is 8.33. The van der Waals surface area contributed by atoms with Crippen molar-refractivity contribution in [3.8, 4) is 0 Å². The molecule has 1 unspecified atom stereocenters. The van der Waals surface area contributed by atoms with E-state index in [1.165, 1.54) is 56.4 Å². The first kappa shape index (κ1) is 11.3. The molecule has 1 saturated heterocycles. The summed E-state index contributed by atoms with van der Waals surface area (Å²) in [6.45, 7) is 4.91. The van der Waals surface area contributed by atoms with Crippen LogP contribution in [-0.4, -0.2) is 29.1 Å². The van der Waals surface area contributed by atoms with Gasteiger partial charge in [-0.05, 0) is 56.3 Å². The molecule has 2 N–H and O–H groups in total. The predicted octanol–water partition coefficient (Wildman–Crippen LogP) is 1.92. The van der Waals surface area contributed by atoms with E-state index in [0.717, 1.165) is 13.0 Å². The Kier molecular flexibility index (Phi) is 3.21. The van der Waals surface area contributed by atoms with Gasteiger partial charge >= 0.3 is 0 Å². The van der Waals surface area contributed by atoms with Crippen molar-refractivity contribution in [1.29, 1.82) is 0 Å². The highest BCUT2D eigenvalue weighted by atomic mass is 15.2. The highest BCUT2D eigenvalue weighted by Crippen LogP contribution is 2.28. The summed E-state index contributed by atoms with van der Waals surface area (Å²) in [5, 5.41) is 0. The molecule has 3 rings (SSSR count). The first-order valence-electron chi connectivity index (χ1n) is 6.99. The largest absolute Gasteiger partial charge is 0.352 e. The Morgan fingerprint density at radius 2 is 1.94 bits per heavy atom. The molecule has 0 radical (unpaired) electrons. The number of likely N-dealkylation sites (tertiary alicyclic amines) is 1. The molecule has 0 bridgehead atoms. The standard InChI is InChI=1S/C14H23N3/c15-14-5-3-4-12-10-17(11-13(12)14)9-8-16-6-1-2-7-16/h10-11,14H,1-9,15H2. The summed E-state index contributed by atoms with van der Waals surface area (Å²) in [5.41, 5.74) is 9.05. The van der Waals surface area contributed by atoms with Gasteiger partial charge in [0.2, 0.25) is 0 Å². The minimum Gasteiger partial charge on any atom is -0.352 e. The van der Waals surface area contributed by atoms with E-state index in [1.807, 2.05) is 0 Å². The van der Waals surface area contributed by atoms with Crippen LogP contribution in [0, 0.1) is 0 Å². The maximum atomic E-state index is 6.15. The number of rotatable bonds is 3. The molecule has 1 atom stereocenters. The topological polar surface area (TPSA) is 34.2 Å². The number of nitrogens with two attached hydrogens (primary N) is 1. The van der Waals surface area contributed by atoms with Gasteiger partial charge in [0.1, 0.15) is 0 Å². The van der Waals surface area contributed by atoms with Crippen LogP contribution < -0.4 is 5.73 Å². The maximum absolute atomic E-state index is 6.15. The quantitative estimate of drug-likeness (QED) is 0.865. The summed E-state index contributed by atoms with van der Waals surface area (Å²) >= 11 is 0. The summed E-state index contributed by atoms with van der Waals surface area (Å²) in [6, 6.07) is 0.284. The van der Waals surface area contributed by atoms with E-state index in [4.69, 9.17) is 5.73 Å². The van der Waals surface area contributed by atoms with Crippen molar-refractivity contribution >= 4 is 0 Å². The van der Waals surface area contributed by atoms with Crippen LogP contribution in [0.2, 0.25) is 0 Å². The van der Waals surface area contributed by atoms with Gasteiger partial charge in [0.05, 0.1) is 0 Å². The van der Waals surface area contributed by atoms with Crippen molar-refractivity contribution in [2.75, 3.05) is 19.6 Å². The molecule has 17 heavy (non-hydrogen) atoms. The van der Waals surface area contributed by atoms with Crippen molar-refractivity contribution in [3.05, 3.63) is 23.5 Å². The minimum absolute atomic E-state index is 0.284. The monoisotopic (exact) mass is 233 g/mol. The van der Waals surface area contributed by atoms with Crippen LogP contribution in [0.15, 0.2) is 12.4 Å². The number of nitrogens with zero attached hydrogens (tertiary/aromatic N) is 2. The molecular weight excluding hydrogens is 210 g/mol. The summed E-state index contributed by atoms with van der Waals surface area (Å²) in [4.78, 5) is 2.57. The summed E-state index contributed by atoms with van der Waals surface area (Å²) in [5.74, 6) is 0. The highest BCUT2D eigenvalue weighted by Gasteiger charge is 2.19. The van der Waals surface area contributed by atoms with E-state index >= 15 is 0 Å². The molecule has 0 amide bonds. The highest BCUT2D eigenvalue weighted by molar-refractivity contribution is 5.29. The van der Waals surface area contributed by atoms with Gasteiger partial charge in [-0.1, -0.05) is 0 Å². The summed E-state index contributed by atoms with van der Waals surface area (Å²) in [6.07, 6.45) is 11.0. The molecule has 1 aliphatic carbocycles. The Morgan fingerprint density at radius 1 is 1.12 bits per heavy atom. The first-order valence-corrected chi connectivity index (χ1v) is 6.99. The SMILES string of the molecule is NC1CCCc2cn(CCN3CCCC3)cc21. The van der Waals surface area contributed by atoms with Gasteiger partial charge in [0, 0.05) is 31.5 Å². The van der Waals surface area contributed by atoms with Crippen LogP contribution in [0.25, 0.3) is 0 Å². The minimum atomic E-state index is 0.284. The third kappa shape index (κ3) is 2.40. The van der Waals surface area contributed by atoms with Crippen LogP contribution in [0.1, 0.15) is 42.9 Å². The maximum Gasteiger partial charge on any atom is 0.0347 e. The van der Waals surface area contributed by atoms with Crippen LogP contribution >= 0.6 is 0 Å². The average molecular weight is 233 g/mol. The second-order valence-electron chi connectivity index (χ2n) is 5.52. The average Bonchev–Trinajstić information content (AvgIpc) is 2.95. The second-order valence-corrected chi connectivity index (χ2v) is 5.52. The molecule has 1 aromatic heterocycles. The van der Waals surface area contributed by atoms with E-state index in [1.54, 1.807) is 0 Å². The third-order valence-corrected chi connectivity index (χ3v) is 4.23. The molecule has 2 aliphatic rings. The van der Waals surface area contributed by atoms with Crippen molar-refractivity contribution in [2.45, 2.75) is 44.7 Å². The lowest BCUT2D eigenvalue weighted by atomic mass is 9.92. The molecule has 0 saturated carbocycles. The summed E-state index contributed by atoms with van der Waals surface area (Å²) < 4.78 is 2.36. The fourth-order valence-corrected chi connectivity index (χ4v) is 3.18. The van der Waals surface area contributed by atoms with Gasteiger partial charge < -0.3 is 15.2 Å². The van der Waals surface area contributed by atoms with Crippen molar-refractivity contribution in [2.24, 2.45) is 5.73 Å². The van der Waals surface area contributed by atoms with E-state index in [9.17, 15) is 0 Å². The lowest BCUT2D eigenvalue weighted by molar-refractivity contribution is 0.322. The Bertz CT molecular complexity index is 377. The smallest absolute Gasteiger partial charge is 0.0347 e. The Morgan fingerprint density at radius 3 is 2.71 bits per heavy atom. The molecule has 2 heterocycles. The fraction of sp³-hybridized carbons (Fsp3) is 0.714. The zero-order valence-corrected chi connectivity index (χ0v) is 10.6. The Balaban J connectivity index is 1.63. The van der Waals surface area contributed by atoms with E-state index in [2.05, 4.69) is 21.9 Å². The van der Waals surface area contributed by atoms with Crippen LogP contribution in [0.3, 0.4) is 0 Å². The number of hydrogen-bond acceptors (Lipinski definition) is 2. The molecule has 3 nitrogen and oxygen atoms in total. The van der Waals surface area contributed by atoms with Gasteiger partial charge in [-0.15, -0.1) is 0 Å². The zero-order chi connectivity index (χ0) is 11.7. The van der Waals surface area contributed by atoms with Crippen LogP contribution in [-0.2, 0) is 13.0 Å². The van der Waals surface area contributed by atoms with Crippen LogP contribution in [0.4, 0.5) is 0 Å². The number of aryl methyl sites for hydroxylation is 1. The third-order valence-electron chi connectivity index (χ3n) is 4.23. The lowest BCUT2D eigenvalue weighted by Crippen LogP contribution is -2.23. The molecule has 0 aromatic carbocycles. The second kappa shape index (κ2) is 4.83. The van der Waals surface area contributed by atoms with Crippen molar-refractivity contribution in [1.82, 2.24) is 9.47 Å². The number of aromatic nitrogens is 1. The van der Waals surface area contributed by atoms with Gasteiger partial charge in [-0.3, -0.25) is 0 Å². The van der Waals surface area contributed by atoms with Gasteiger partial charge in [-0.2, -0.15) is 0 Å². The molecule has 3 heteroatoms.